The van der Waals surface area contributed by atoms with Crippen LogP contribution in [0.3, 0.4) is 0 Å². The van der Waals surface area contributed by atoms with Crippen LogP contribution < -0.4 is 5.32 Å². The van der Waals surface area contributed by atoms with Crippen molar-refractivity contribution < 1.29 is 39.8 Å². The van der Waals surface area contributed by atoms with Crippen molar-refractivity contribution >= 4 is 5.91 Å². The van der Waals surface area contributed by atoms with E-state index < -0.39 is 49.5 Å². The molecule has 0 saturated carbocycles. The summed E-state index contributed by atoms with van der Waals surface area (Å²) in [6.45, 7) is 3.63. The van der Waals surface area contributed by atoms with E-state index in [1.165, 1.54) is 116 Å². The van der Waals surface area contributed by atoms with Crippen molar-refractivity contribution in [2.24, 2.45) is 0 Å². The number of carbonyl (C=O) groups is 1. The Morgan fingerprint density at radius 1 is 0.486 bits per heavy atom. The first-order valence-electron chi connectivity index (χ1n) is 29.1. The van der Waals surface area contributed by atoms with E-state index in [1.54, 1.807) is 6.08 Å². The first-order chi connectivity index (χ1) is 35.3. The molecule has 6 N–H and O–H groups in total. The first kappa shape index (κ1) is 66.9. The number of amides is 1. The highest BCUT2D eigenvalue weighted by atomic mass is 16.7. The lowest BCUT2D eigenvalue weighted by molar-refractivity contribution is -0.302. The summed E-state index contributed by atoms with van der Waals surface area (Å²) < 4.78 is 11.2. The number of nitrogens with one attached hydrogen (secondary N) is 1. The van der Waals surface area contributed by atoms with Crippen molar-refractivity contribution in [2.75, 3.05) is 13.2 Å². The molecule has 9 nitrogen and oxygen atoms in total. The molecule has 0 aromatic carbocycles. The zero-order valence-electron chi connectivity index (χ0n) is 45.6. The van der Waals surface area contributed by atoms with Gasteiger partial charge in [-0.15, -0.1) is 0 Å². The van der Waals surface area contributed by atoms with Gasteiger partial charge < -0.3 is 40.3 Å². The van der Waals surface area contributed by atoms with Gasteiger partial charge in [-0.05, 0) is 83.5 Å². The van der Waals surface area contributed by atoms with Crippen LogP contribution >= 0.6 is 0 Å². The Balaban J connectivity index is 2.08. The maximum atomic E-state index is 13.0. The first-order valence-corrected chi connectivity index (χ1v) is 29.1. The number of ether oxygens (including phenoxy) is 2. The van der Waals surface area contributed by atoms with Gasteiger partial charge in [0.15, 0.2) is 6.29 Å². The molecular weight excluding hydrogens is 899 g/mol. The summed E-state index contributed by atoms with van der Waals surface area (Å²) in [7, 11) is 0. The molecule has 1 fully saturated rings. The van der Waals surface area contributed by atoms with Crippen LogP contribution in [0.2, 0.25) is 0 Å². The van der Waals surface area contributed by atoms with Gasteiger partial charge in [0.05, 0.1) is 25.4 Å². The fourth-order valence-corrected chi connectivity index (χ4v) is 8.52. The van der Waals surface area contributed by atoms with Crippen LogP contribution in [0.15, 0.2) is 109 Å². The van der Waals surface area contributed by atoms with Crippen molar-refractivity contribution in [3.63, 3.8) is 0 Å². The largest absolute Gasteiger partial charge is 0.394 e. The van der Waals surface area contributed by atoms with Crippen LogP contribution in [0.1, 0.15) is 226 Å². The standard InChI is InChI=1S/C63H107NO8/c1-3-5-7-9-11-13-15-16-17-18-19-20-21-22-23-24-25-26-27-28-29-30-31-32-33-34-35-36-37-38-39-40-41-42-43-45-47-49-51-53-59(67)64-56(55-71-63-62(70)61(69)60(68)58(54-65)72-63)57(66)52-50-48-46-44-14-12-10-8-6-4-2/h5,7,11,13,16-17,19-20,22-23,25-26,28-29,31-32,50,52,56-58,60-63,65-66,68-70H,3-4,6,8-10,12,14-15,18,21,24,27,30,33-49,51,53-55H2,1-2H3,(H,64,67)/b7-5-,13-11-,17-16-,20-19-,23-22-,26-25-,29-28-,32-31-,52-50+. The number of aliphatic hydroxyl groups excluding tert-OH is 5. The lowest BCUT2D eigenvalue weighted by Crippen LogP contribution is -2.60. The van der Waals surface area contributed by atoms with Gasteiger partial charge in [-0.1, -0.05) is 245 Å². The van der Waals surface area contributed by atoms with Crippen LogP contribution in [-0.4, -0.2) is 87.5 Å². The molecule has 7 atom stereocenters. The Kier molecular flexibility index (Phi) is 47.7. The zero-order chi connectivity index (χ0) is 52.2. The van der Waals surface area contributed by atoms with Crippen LogP contribution in [0, 0.1) is 0 Å². The van der Waals surface area contributed by atoms with E-state index in [9.17, 15) is 30.3 Å². The normalized spacial score (nSPS) is 20.0. The van der Waals surface area contributed by atoms with Crippen LogP contribution in [-0.2, 0) is 14.3 Å². The Morgan fingerprint density at radius 2 is 0.861 bits per heavy atom. The Bertz CT molecular complexity index is 1490. The maximum Gasteiger partial charge on any atom is 0.220 e. The van der Waals surface area contributed by atoms with E-state index in [1.807, 2.05) is 6.08 Å². The summed E-state index contributed by atoms with van der Waals surface area (Å²) in [5.74, 6) is -0.183. The maximum absolute atomic E-state index is 13.0. The van der Waals surface area contributed by atoms with Crippen molar-refractivity contribution in [2.45, 2.75) is 269 Å². The number of hydrogen-bond acceptors (Lipinski definition) is 8. The monoisotopic (exact) mass is 1010 g/mol. The van der Waals surface area contributed by atoms with E-state index in [-0.39, 0.29) is 12.5 Å². The summed E-state index contributed by atoms with van der Waals surface area (Å²) in [6.07, 6.45) is 68.9. The molecule has 0 radical (unpaired) electrons. The van der Waals surface area contributed by atoms with Gasteiger partial charge in [-0.25, -0.2) is 0 Å². The predicted octanol–water partition coefficient (Wildman–Crippen LogP) is 14.6. The molecule has 1 aliphatic heterocycles. The second kappa shape index (κ2) is 51.3. The number of carbonyl (C=O) groups excluding carboxylic acids is 1. The van der Waals surface area contributed by atoms with Crippen molar-refractivity contribution in [1.29, 1.82) is 0 Å². The number of allylic oxidation sites excluding steroid dienone is 17. The van der Waals surface area contributed by atoms with Crippen molar-refractivity contribution in [1.82, 2.24) is 5.32 Å². The smallest absolute Gasteiger partial charge is 0.220 e. The van der Waals surface area contributed by atoms with Crippen molar-refractivity contribution in [3.05, 3.63) is 109 Å². The summed E-state index contributed by atoms with van der Waals surface area (Å²) in [6, 6.07) is -0.809. The fourth-order valence-electron chi connectivity index (χ4n) is 8.52. The summed E-state index contributed by atoms with van der Waals surface area (Å²) >= 11 is 0. The second-order valence-corrected chi connectivity index (χ2v) is 19.7. The van der Waals surface area contributed by atoms with Gasteiger partial charge >= 0.3 is 0 Å². The quantitative estimate of drug-likeness (QED) is 0.0261. The molecule has 1 aliphatic rings. The Hall–Kier alpha value is -3.15. The molecule has 1 amide bonds. The molecule has 9 heteroatoms. The average Bonchev–Trinajstić information content (AvgIpc) is 3.38. The third-order valence-electron chi connectivity index (χ3n) is 13.1. The molecule has 0 aromatic rings. The average molecular weight is 1010 g/mol. The van der Waals surface area contributed by atoms with Crippen LogP contribution in [0.4, 0.5) is 0 Å². The van der Waals surface area contributed by atoms with E-state index in [2.05, 4.69) is 116 Å². The highest BCUT2D eigenvalue weighted by molar-refractivity contribution is 5.76. The third kappa shape index (κ3) is 40.3. The Labute approximate surface area is 440 Å². The molecule has 1 saturated heterocycles. The third-order valence-corrected chi connectivity index (χ3v) is 13.1. The minimum Gasteiger partial charge on any atom is -0.394 e. The van der Waals surface area contributed by atoms with Gasteiger partial charge in [0.25, 0.3) is 0 Å². The number of aliphatic hydroxyl groups is 5. The summed E-state index contributed by atoms with van der Waals surface area (Å²) in [4.78, 5) is 13.0. The number of unbranched alkanes of at least 4 members (excludes halogenated alkanes) is 22. The molecule has 0 aromatic heterocycles. The molecule has 7 unspecified atom stereocenters. The van der Waals surface area contributed by atoms with Crippen LogP contribution in [0.5, 0.6) is 0 Å². The van der Waals surface area contributed by atoms with Crippen molar-refractivity contribution in [3.8, 4) is 0 Å². The summed E-state index contributed by atoms with van der Waals surface area (Å²) in [5.41, 5.74) is 0. The van der Waals surface area contributed by atoms with Gasteiger partial charge in [0, 0.05) is 6.42 Å². The van der Waals surface area contributed by atoms with Gasteiger partial charge in [-0.3, -0.25) is 4.79 Å². The fraction of sp³-hybridized carbons (Fsp3) is 0.698. The van der Waals surface area contributed by atoms with E-state index in [4.69, 9.17) is 9.47 Å². The van der Waals surface area contributed by atoms with Crippen LogP contribution in [0.25, 0.3) is 0 Å². The molecule has 0 bridgehead atoms. The van der Waals surface area contributed by atoms with E-state index >= 15 is 0 Å². The van der Waals surface area contributed by atoms with Gasteiger partial charge in [0.2, 0.25) is 5.91 Å². The summed E-state index contributed by atoms with van der Waals surface area (Å²) in [5, 5.41) is 54.3. The Morgan fingerprint density at radius 3 is 1.28 bits per heavy atom. The SMILES string of the molecule is CC/C=C\C/C=C\C/C=C\C/C=C\C/C=C\C/C=C\C/C=C\C/C=C\CCCCCCCCCCCCCCCCC(=O)NC(COC1OC(CO)C(O)C(O)C1O)C(O)/C=C/CCCCCCCCCC. The molecule has 412 valence electrons. The molecule has 1 rings (SSSR count). The number of rotatable bonds is 48. The molecule has 0 aliphatic carbocycles. The second-order valence-electron chi connectivity index (χ2n) is 19.7. The highest BCUT2D eigenvalue weighted by Gasteiger charge is 2.44. The lowest BCUT2D eigenvalue weighted by atomic mass is 9.99. The lowest BCUT2D eigenvalue weighted by Gasteiger charge is -2.40. The topological polar surface area (TPSA) is 149 Å². The highest BCUT2D eigenvalue weighted by Crippen LogP contribution is 2.23. The van der Waals surface area contributed by atoms with Gasteiger partial charge in [0.1, 0.15) is 24.4 Å². The molecule has 1 heterocycles. The van der Waals surface area contributed by atoms with E-state index in [0.717, 1.165) is 89.9 Å². The van der Waals surface area contributed by atoms with E-state index in [0.29, 0.717) is 6.42 Å². The van der Waals surface area contributed by atoms with Gasteiger partial charge in [-0.2, -0.15) is 0 Å². The number of hydrogen-bond donors (Lipinski definition) is 6. The molecule has 72 heavy (non-hydrogen) atoms. The minimum atomic E-state index is -1.57. The molecular formula is C63H107NO8. The predicted molar refractivity (Wildman–Crippen MR) is 304 cm³/mol. The minimum absolute atomic E-state index is 0.183. The zero-order valence-corrected chi connectivity index (χ0v) is 45.6. The molecule has 0 spiro atoms.